The molecular weight excluding hydrogens is 304 g/mol. The highest BCUT2D eigenvalue weighted by molar-refractivity contribution is 5.94. The molecule has 1 amide bonds. The van der Waals surface area contributed by atoms with Gasteiger partial charge in [-0.05, 0) is 36.2 Å². The second-order valence-corrected chi connectivity index (χ2v) is 4.99. The van der Waals surface area contributed by atoms with Crippen LogP contribution in [0.2, 0.25) is 0 Å². The molecule has 120 valence electrons. The van der Waals surface area contributed by atoms with Gasteiger partial charge in [0.2, 0.25) is 0 Å². The number of carbonyl (C=O) groups excluding carboxylic acids is 1. The zero-order valence-corrected chi connectivity index (χ0v) is 12.1. The fourth-order valence-corrected chi connectivity index (χ4v) is 2.17. The molecule has 0 heterocycles. The van der Waals surface area contributed by atoms with Crippen molar-refractivity contribution in [3.63, 3.8) is 0 Å². The van der Waals surface area contributed by atoms with Crippen LogP contribution in [0, 0.1) is 11.6 Å². The number of hydrogen-bond donors (Lipinski definition) is 2. The summed E-state index contributed by atoms with van der Waals surface area (Å²) >= 11 is 0. The molecule has 1 atom stereocenters. The van der Waals surface area contributed by atoms with Crippen LogP contribution >= 0.6 is 0 Å². The molecule has 0 spiro atoms. The van der Waals surface area contributed by atoms with Gasteiger partial charge >= 0.3 is 5.97 Å². The van der Waals surface area contributed by atoms with Crippen molar-refractivity contribution < 1.29 is 23.5 Å². The molecule has 23 heavy (non-hydrogen) atoms. The Kier molecular flexibility index (Phi) is 5.41. The summed E-state index contributed by atoms with van der Waals surface area (Å²) in [5.74, 6) is -2.77. The monoisotopic (exact) mass is 319 g/mol. The van der Waals surface area contributed by atoms with Crippen LogP contribution in [0.25, 0.3) is 0 Å². The number of nitrogens with one attached hydrogen (secondary N) is 1. The number of carbonyl (C=O) groups is 2. The Labute approximate surface area is 131 Å². The van der Waals surface area contributed by atoms with E-state index < -0.39 is 29.6 Å². The van der Waals surface area contributed by atoms with Gasteiger partial charge in [0.1, 0.15) is 11.6 Å². The largest absolute Gasteiger partial charge is 0.481 e. The number of benzene rings is 2. The van der Waals surface area contributed by atoms with Crippen LogP contribution in [0.3, 0.4) is 0 Å². The van der Waals surface area contributed by atoms with E-state index in [2.05, 4.69) is 5.32 Å². The lowest BCUT2D eigenvalue weighted by atomic mass is 10.0. The van der Waals surface area contributed by atoms with Crippen LogP contribution in [0.15, 0.2) is 48.5 Å². The number of aliphatic carboxylic acids is 1. The van der Waals surface area contributed by atoms with Gasteiger partial charge in [-0.3, -0.25) is 9.59 Å². The number of amides is 1. The number of halogens is 2. The van der Waals surface area contributed by atoms with E-state index in [-0.39, 0.29) is 18.4 Å². The van der Waals surface area contributed by atoms with Gasteiger partial charge in [-0.15, -0.1) is 0 Å². The number of rotatable bonds is 6. The third-order valence-electron chi connectivity index (χ3n) is 3.34. The molecule has 0 saturated heterocycles. The molecule has 2 rings (SSSR count). The first-order valence-corrected chi connectivity index (χ1v) is 7.00. The molecule has 0 aliphatic carbocycles. The molecule has 1 unspecified atom stereocenters. The van der Waals surface area contributed by atoms with E-state index in [0.717, 1.165) is 0 Å². The molecule has 0 aromatic heterocycles. The van der Waals surface area contributed by atoms with Gasteiger partial charge in [0.15, 0.2) is 0 Å². The van der Waals surface area contributed by atoms with Crippen molar-refractivity contribution in [1.29, 1.82) is 0 Å². The maximum Gasteiger partial charge on any atom is 0.303 e. The van der Waals surface area contributed by atoms with Crippen molar-refractivity contribution in [3.05, 3.63) is 71.3 Å². The summed E-state index contributed by atoms with van der Waals surface area (Å²) in [6, 6.07) is 10.2. The van der Waals surface area contributed by atoms with Gasteiger partial charge in [0, 0.05) is 6.42 Å². The first-order valence-electron chi connectivity index (χ1n) is 7.00. The normalized spacial score (nSPS) is 11.7. The van der Waals surface area contributed by atoms with Crippen molar-refractivity contribution in [2.24, 2.45) is 0 Å². The average molecular weight is 319 g/mol. The van der Waals surface area contributed by atoms with Crippen molar-refractivity contribution in [3.8, 4) is 0 Å². The standard InChI is InChI=1S/C17H15F2NO3/c18-12-7-5-11(6-8-12)15(9-10-16(21)22)20-17(23)13-3-1-2-4-14(13)19/h1-8,15H,9-10H2,(H,20,23)(H,21,22). The third kappa shape index (κ3) is 4.60. The number of hydrogen-bond acceptors (Lipinski definition) is 2. The number of carboxylic acids is 1. The second-order valence-electron chi connectivity index (χ2n) is 4.99. The van der Waals surface area contributed by atoms with E-state index in [1.54, 1.807) is 0 Å². The predicted molar refractivity (Wildman–Crippen MR) is 79.9 cm³/mol. The third-order valence-corrected chi connectivity index (χ3v) is 3.34. The minimum absolute atomic E-state index is 0.112. The smallest absolute Gasteiger partial charge is 0.303 e. The summed E-state index contributed by atoms with van der Waals surface area (Å²) in [6.07, 6.45) is -0.0687. The van der Waals surface area contributed by atoms with Gasteiger partial charge in [-0.1, -0.05) is 24.3 Å². The Morgan fingerprint density at radius 2 is 1.70 bits per heavy atom. The summed E-state index contributed by atoms with van der Waals surface area (Å²) in [7, 11) is 0. The summed E-state index contributed by atoms with van der Waals surface area (Å²) in [6.45, 7) is 0. The van der Waals surface area contributed by atoms with Crippen LogP contribution in [0.1, 0.15) is 34.8 Å². The summed E-state index contributed by atoms with van der Waals surface area (Å²) in [5, 5.41) is 11.4. The SMILES string of the molecule is O=C(O)CCC(NC(=O)c1ccccc1F)c1ccc(F)cc1. The Morgan fingerprint density at radius 1 is 1.04 bits per heavy atom. The fraction of sp³-hybridized carbons (Fsp3) is 0.176. The maximum atomic E-state index is 13.7. The Hall–Kier alpha value is -2.76. The molecule has 0 aliphatic heterocycles. The quantitative estimate of drug-likeness (QED) is 0.858. The molecule has 4 nitrogen and oxygen atoms in total. The molecule has 0 bridgehead atoms. The first-order chi connectivity index (χ1) is 11.0. The molecule has 6 heteroatoms. The van der Waals surface area contributed by atoms with Gasteiger partial charge in [0.05, 0.1) is 11.6 Å². The Bertz CT molecular complexity index is 701. The average Bonchev–Trinajstić information content (AvgIpc) is 2.52. The molecule has 0 aliphatic rings. The fourth-order valence-electron chi connectivity index (χ4n) is 2.17. The Balaban J connectivity index is 2.20. The van der Waals surface area contributed by atoms with Crippen LogP contribution in [0.4, 0.5) is 8.78 Å². The van der Waals surface area contributed by atoms with Crippen molar-refractivity contribution in [1.82, 2.24) is 5.32 Å². The van der Waals surface area contributed by atoms with E-state index in [0.29, 0.717) is 5.56 Å². The van der Waals surface area contributed by atoms with Gasteiger partial charge in [-0.2, -0.15) is 0 Å². The molecule has 2 aromatic carbocycles. The highest BCUT2D eigenvalue weighted by atomic mass is 19.1. The molecule has 0 fully saturated rings. The summed E-state index contributed by atoms with van der Waals surface area (Å²) < 4.78 is 26.7. The maximum absolute atomic E-state index is 13.7. The first kappa shape index (κ1) is 16.6. The second kappa shape index (κ2) is 7.49. The Morgan fingerprint density at radius 3 is 2.30 bits per heavy atom. The van der Waals surface area contributed by atoms with Crippen LogP contribution < -0.4 is 5.32 Å². The minimum Gasteiger partial charge on any atom is -0.481 e. The molecule has 2 aromatic rings. The highest BCUT2D eigenvalue weighted by Crippen LogP contribution is 2.20. The summed E-state index contributed by atoms with van der Waals surface area (Å²) in [4.78, 5) is 23.0. The van der Waals surface area contributed by atoms with Crippen LogP contribution in [-0.2, 0) is 4.79 Å². The van der Waals surface area contributed by atoms with Gasteiger partial charge < -0.3 is 10.4 Å². The van der Waals surface area contributed by atoms with E-state index in [1.165, 1.54) is 48.5 Å². The van der Waals surface area contributed by atoms with Crippen LogP contribution in [0.5, 0.6) is 0 Å². The van der Waals surface area contributed by atoms with E-state index in [4.69, 9.17) is 5.11 Å². The highest BCUT2D eigenvalue weighted by Gasteiger charge is 2.19. The zero-order chi connectivity index (χ0) is 16.8. The van der Waals surface area contributed by atoms with E-state index >= 15 is 0 Å². The lowest BCUT2D eigenvalue weighted by molar-refractivity contribution is -0.137. The van der Waals surface area contributed by atoms with Gasteiger partial charge in [0.25, 0.3) is 5.91 Å². The predicted octanol–water partition coefficient (Wildman–Crippen LogP) is 3.30. The minimum atomic E-state index is -1.02. The van der Waals surface area contributed by atoms with Crippen molar-refractivity contribution in [2.45, 2.75) is 18.9 Å². The topological polar surface area (TPSA) is 66.4 Å². The molecule has 0 saturated carbocycles. The van der Waals surface area contributed by atoms with E-state index in [1.807, 2.05) is 0 Å². The van der Waals surface area contributed by atoms with Crippen LogP contribution in [-0.4, -0.2) is 17.0 Å². The molecule has 2 N–H and O–H groups in total. The van der Waals surface area contributed by atoms with Gasteiger partial charge in [-0.25, -0.2) is 8.78 Å². The van der Waals surface area contributed by atoms with E-state index in [9.17, 15) is 18.4 Å². The number of carboxylic acid groups (broad SMARTS) is 1. The molecule has 0 radical (unpaired) electrons. The van der Waals surface area contributed by atoms with Crippen molar-refractivity contribution in [2.75, 3.05) is 0 Å². The zero-order valence-electron chi connectivity index (χ0n) is 12.1. The molecular formula is C17H15F2NO3. The lowest BCUT2D eigenvalue weighted by Gasteiger charge is -2.19. The summed E-state index contributed by atoms with van der Waals surface area (Å²) in [5.41, 5.74) is 0.423. The lowest BCUT2D eigenvalue weighted by Crippen LogP contribution is -2.29. The van der Waals surface area contributed by atoms with Crippen molar-refractivity contribution >= 4 is 11.9 Å².